The minimum absolute atomic E-state index is 0.697. The van der Waals surface area contributed by atoms with Crippen LogP contribution in [0.1, 0.15) is 0 Å². The monoisotopic (exact) mass is 765 g/mol. The fourth-order valence-corrected chi connectivity index (χ4v) is 9.03. The second-order valence-corrected chi connectivity index (χ2v) is 15.3. The minimum Gasteiger partial charge on any atom is -0.455 e. The molecule has 0 bridgehead atoms. The average molecular weight is 766 g/mol. The Kier molecular flexibility index (Phi) is 7.82. The van der Waals surface area contributed by atoms with Crippen molar-refractivity contribution in [1.29, 1.82) is 0 Å². The van der Waals surface area contributed by atoms with E-state index in [1.165, 1.54) is 27.4 Å². The van der Waals surface area contributed by atoms with Gasteiger partial charge in [0.2, 0.25) is 0 Å². The van der Waals surface area contributed by atoms with Crippen LogP contribution in [0.3, 0.4) is 0 Å². The van der Waals surface area contributed by atoms with Gasteiger partial charge in [-0.2, -0.15) is 0 Å². The van der Waals surface area contributed by atoms with Crippen LogP contribution in [-0.4, -0.2) is 14.5 Å². The Hall–Kier alpha value is -8.08. The van der Waals surface area contributed by atoms with Gasteiger partial charge in [-0.1, -0.05) is 164 Å². The van der Waals surface area contributed by atoms with E-state index >= 15 is 0 Å². The summed E-state index contributed by atoms with van der Waals surface area (Å²) in [5, 5.41) is 6.95. The first-order valence-corrected chi connectivity index (χ1v) is 20.3. The number of furan rings is 1. The Morgan fingerprint density at radius 2 is 0.917 bits per heavy atom. The molecule has 0 aliphatic heterocycles. The van der Waals surface area contributed by atoms with E-state index in [4.69, 9.17) is 14.4 Å². The number of hydrogen-bond donors (Lipinski definition) is 0. The summed E-state index contributed by atoms with van der Waals surface area (Å²) in [4.78, 5) is 10.2. The largest absolute Gasteiger partial charge is 0.455 e. The van der Waals surface area contributed by atoms with E-state index in [1.807, 2.05) is 36.4 Å². The third-order valence-corrected chi connectivity index (χ3v) is 11.8. The van der Waals surface area contributed by atoms with E-state index in [9.17, 15) is 0 Å². The van der Waals surface area contributed by atoms with Crippen LogP contribution in [0.2, 0.25) is 0 Å². The number of benzene rings is 9. The van der Waals surface area contributed by atoms with E-state index in [0.29, 0.717) is 5.82 Å². The van der Waals surface area contributed by atoms with Gasteiger partial charge in [-0.15, -0.1) is 0 Å². The number of hydrogen-bond acceptors (Lipinski definition) is 3. The second-order valence-electron chi connectivity index (χ2n) is 15.3. The van der Waals surface area contributed by atoms with Gasteiger partial charge in [-0.3, -0.25) is 0 Å². The summed E-state index contributed by atoms with van der Waals surface area (Å²) in [6.07, 6.45) is 0. The maximum absolute atomic E-state index is 6.79. The molecular formula is C56H35N3O. The number of para-hydroxylation sites is 2. The summed E-state index contributed by atoms with van der Waals surface area (Å²) in [5.41, 5.74) is 14.6. The Balaban J connectivity index is 1.01. The van der Waals surface area contributed by atoms with Crippen LogP contribution in [-0.2, 0) is 0 Å². The molecule has 0 unspecified atom stereocenters. The Bertz CT molecular complexity index is 3470. The molecule has 12 aromatic rings. The molecule has 4 nitrogen and oxygen atoms in total. The zero-order chi connectivity index (χ0) is 39.6. The zero-order valence-corrected chi connectivity index (χ0v) is 32.5. The van der Waals surface area contributed by atoms with Crippen LogP contribution in [0.25, 0.3) is 116 Å². The molecule has 3 heterocycles. The molecule has 280 valence electrons. The first-order chi connectivity index (χ1) is 29.7. The third-order valence-electron chi connectivity index (χ3n) is 11.8. The van der Waals surface area contributed by atoms with E-state index in [-0.39, 0.29) is 0 Å². The molecule has 3 aromatic heterocycles. The summed E-state index contributed by atoms with van der Waals surface area (Å²) in [6.45, 7) is 0. The first kappa shape index (κ1) is 34.0. The Morgan fingerprint density at radius 3 is 1.63 bits per heavy atom. The summed E-state index contributed by atoms with van der Waals surface area (Å²) < 4.78 is 9.16. The van der Waals surface area contributed by atoms with Gasteiger partial charge in [0.25, 0.3) is 0 Å². The lowest BCUT2D eigenvalue weighted by Gasteiger charge is -2.12. The second kappa shape index (κ2) is 13.8. The Labute approximate surface area is 346 Å². The summed E-state index contributed by atoms with van der Waals surface area (Å²) in [7, 11) is 0. The van der Waals surface area contributed by atoms with Crippen LogP contribution in [0.4, 0.5) is 0 Å². The number of fused-ring (bicyclic) bond motifs is 8. The summed E-state index contributed by atoms with van der Waals surface area (Å²) in [5.74, 6) is 0.697. The maximum atomic E-state index is 6.79. The number of aromatic nitrogens is 3. The first-order valence-electron chi connectivity index (χ1n) is 20.3. The molecule has 0 atom stereocenters. The zero-order valence-electron chi connectivity index (χ0n) is 32.5. The van der Waals surface area contributed by atoms with Gasteiger partial charge >= 0.3 is 0 Å². The fraction of sp³-hybridized carbons (Fsp3) is 0. The molecule has 0 aliphatic rings. The molecule has 0 radical (unpaired) electrons. The third kappa shape index (κ3) is 5.53. The normalized spacial score (nSPS) is 11.7. The van der Waals surface area contributed by atoms with Crippen molar-refractivity contribution in [3.63, 3.8) is 0 Å². The highest BCUT2D eigenvalue weighted by molar-refractivity contribution is 6.22. The van der Waals surface area contributed by atoms with Gasteiger partial charge in [0, 0.05) is 49.3 Å². The lowest BCUT2D eigenvalue weighted by molar-refractivity contribution is 0.673. The maximum Gasteiger partial charge on any atom is 0.160 e. The van der Waals surface area contributed by atoms with Crippen molar-refractivity contribution in [2.24, 2.45) is 0 Å². The molecule has 0 N–H and O–H groups in total. The van der Waals surface area contributed by atoms with Gasteiger partial charge < -0.3 is 8.98 Å². The van der Waals surface area contributed by atoms with E-state index in [2.05, 4.69) is 180 Å². The molecule has 4 heteroatoms. The van der Waals surface area contributed by atoms with Crippen LogP contribution in [0.15, 0.2) is 217 Å². The van der Waals surface area contributed by atoms with Crippen molar-refractivity contribution < 1.29 is 4.42 Å². The van der Waals surface area contributed by atoms with E-state index in [1.54, 1.807) is 0 Å². The van der Waals surface area contributed by atoms with Gasteiger partial charge in [0.15, 0.2) is 5.82 Å². The van der Waals surface area contributed by atoms with Crippen molar-refractivity contribution in [3.8, 4) is 61.8 Å². The highest BCUT2D eigenvalue weighted by Crippen LogP contribution is 2.44. The standard InChI is InChI=1S/C56H35N3O/c1-3-15-37(16-4-1)49-35-50(58-56(57-49)38-17-5-2-6-18-38)40-20-13-19-39(33-40)42-25-14-28-53-54(42)48-34-47(43-21-7-8-24-46(43)55(48)60-53)36-29-31-41(32-30-36)59-51-26-11-9-22-44(51)45-23-10-12-27-52(45)59/h1-35H. The molecule has 60 heavy (non-hydrogen) atoms. The Morgan fingerprint density at radius 1 is 0.350 bits per heavy atom. The van der Waals surface area contributed by atoms with E-state index < -0.39 is 0 Å². The SMILES string of the molecule is c1ccc(-c2cc(-c3cccc(-c4cccc5oc6c7ccccc7c(-c7ccc(-n8c9ccccc9c9ccccc98)cc7)cc6c45)c3)nc(-c3ccccc3)n2)cc1. The molecule has 0 fully saturated rings. The lowest BCUT2D eigenvalue weighted by atomic mass is 9.92. The van der Waals surface area contributed by atoms with Crippen LogP contribution < -0.4 is 0 Å². The van der Waals surface area contributed by atoms with Crippen molar-refractivity contribution in [2.75, 3.05) is 0 Å². The van der Waals surface area contributed by atoms with Gasteiger partial charge in [-0.05, 0) is 76.2 Å². The summed E-state index contributed by atoms with van der Waals surface area (Å²) in [6, 6.07) is 74.9. The highest BCUT2D eigenvalue weighted by atomic mass is 16.3. The predicted octanol–water partition coefficient (Wildman–Crippen LogP) is 15.0. The van der Waals surface area contributed by atoms with Gasteiger partial charge in [-0.25, -0.2) is 9.97 Å². The number of nitrogens with zero attached hydrogens (tertiary/aromatic N) is 3. The molecule has 12 rings (SSSR count). The van der Waals surface area contributed by atoms with Crippen LogP contribution >= 0.6 is 0 Å². The van der Waals surface area contributed by atoms with Crippen molar-refractivity contribution >= 4 is 54.5 Å². The molecule has 0 aliphatic carbocycles. The molecule has 0 saturated carbocycles. The van der Waals surface area contributed by atoms with Gasteiger partial charge in [0.1, 0.15) is 11.2 Å². The average Bonchev–Trinajstić information content (AvgIpc) is 3.88. The molecule has 0 spiro atoms. The van der Waals surface area contributed by atoms with Crippen molar-refractivity contribution in [3.05, 3.63) is 212 Å². The molecule has 0 saturated heterocycles. The quantitative estimate of drug-likeness (QED) is 0.169. The molecule has 9 aromatic carbocycles. The van der Waals surface area contributed by atoms with E-state index in [0.717, 1.165) is 83.2 Å². The highest BCUT2D eigenvalue weighted by Gasteiger charge is 2.19. The number of rotatable bonds is 6. The minimum atomic E-state index is 0.697. The van der Waals surface area contributed by atoms with Crippen molar-refractivity contribution in [2.45, 2.75) is 0 Å². The summed E-state index contributed by atoms with van der Waals surface area (Å²) >= 11 is 0. The van der Waals surface area contributed by atoms with Crippen LogP contribution in [0.5, 0.6) is 0 Å². The van der Waals surface area contributed by atoms with Crippen LogP contribution in [0, 0.1) is 0 Å². The lowest BCUT2D eigenvalue weighted by Crippen LogP contribution is -1.96. The van der Waals surface area contributed by atoms with Crippen molar-refractivity contribution in [1.82, 2.24) is 14.5 Å². The molecule has 0 amide bonds. The molecular weight excluding hydrogens is 731 g/mol. The fourth-order valence-electron chi connectivity index (χ4n) is 9.03. The smallest absolute Gasteiger partial charge is 0.160 e. The van der Waals surface area contributed by atoms with Gasteiger partial charge in [0.05, 0.1) is 22.4 Å². The predicted molar refractivity (Wildman–Crippen MR) is 248 cm³/mol. The topological polar surface area (TPSA) is 43.9 Å².